The van der Waals surface area contributed by atoms with E-state index in [4.69, 9.17) is 9.47 Å². The number of carbonyl (C=O) groups is 2. The van der Waals surface area contributed by atoms with Crippen molar-refractivity contribution in [2.75, 3.05) is 24.7 Å². The minimum absolute atomic E-state index is 0.00279. The number of carbonyl (C=O) groups excluding carboxylic acids is 2. The van der Waals surface area contributed by atoms with E-state index in [0.717, 1.165) is 24.9 Å². The molecule has 7 nitrogen and oxygen atoms in total. The first-order valence-corrected chi connectivity index (χ1v) is 9.87. The van der Waals surface area contributed by atoms with Crippen molar-refractivity contribution in [3.05, 3.63) is 18.2 Å². The highest BCUT2D eigenvalue weighted by Gasteiger charge is 2.33. The van der Waals surface area contributed by atoms with Crippen LogP contribution in [0.15, 0.2) is 18.2 Å². The summed E-state index contributed by atoms with van der Waals surface area (Å²) in [5.74, 6) is 1.87. The lowest BCUT2D eigenvalue weighted by molar-refractivity contribution is -0.117. The number of urea groups is 1. The van der Waals surface area contributed by atoms with Gasteiger partial charge < -0.3 is 25.0 Å². The topological polar surface area (TPSA) is 79.9 Å². The molecule has 1 saturated heterocycles. The third-order valence-corrected chi connectivity index (χ3v) is 5.73. The largest absolute Gasteiger partial charge is 0.486 e. The molecule has 1 saturated carbocycles. The Morgan fingerprint density at radius 2 is 1.89 bits per heavy atom. The summed E-state index contributed by atoms with van der Waals surface area (Å²) < 4.78 is 11.1. The van der Waals surface area contributed by atoms with Crippen molar-refractivity contribution in [2.45, 2.75) is 51.1 Å². The molecule has 0 unspecified atom stereocenters. The van der Waals surface area contributed by atoms with E-state index in [-0.39, 0.29) is 24.0 Å². The van der Waals surface area contributed by atoms with Crippen LogP contribution >= 0.6 is 0 Å². The summed E-state index contributed by atoms with van der Waals surface area (Å²) in [4.78, 5) is 26.5. The fourth-order valence-corrected chi connectivity index (χ4v) is 4.18. The van der Waals surface area contributed by atoms with Crippen molar-refractivity contribution in [1.29, 1.82) is 0 Å². The molecule has 1 aromatic rings. The Kier molecular flexibility index (Phi) is 5.09. The van der Waals surface area contributed by atoms with Gasteiger partial charge in [-0.2, -0.15) is 0 Å². The number of amides is 3. The molecule has 1 aliphatic carbocycles. The highest BCUT2D eigenvalue weighted by Crippen LogP contribution is 2.35. The van der Waals surface area contributed by atoms with Crippen molar-refractivity contribution in [3.8, 4) is 11.5 Å². The number of nitrogens with one attached hydrogen (secondary N) is 2. The van der Waals surface area contributed by atoms with Crippen LogP contribution in [-0.2, 0) is 4.79 Å². The highest BCUT2D eigenvalue weighted by molar-refractivity contribution is 5.97. The second-order valence-electron chi connectivity index (χ2n) is 7.72. The normalized spacial score (nSPS) is 27.4. The van der Waals surface area contributed by atoms with Crippen molar-refractivity contribution in [3.63, 3.8) is 0 Å². The molecule has 7 heteroatoms. The maximum absolute atomic E-state index is 12.5. The zero-order chi connectivity index (χ0) is 18.8. The molecule has 2 N–H and O–H groups in total. The molecule has 2 fully saturated rings. The smallest absolute Gasteiger partial charge is 0.315 e. The van der Waals surface area contributed by atoms with Gasteiger partial charge in [-0.05, 0) is 30.9 Å². The molecule has 146 valence electrons. The van der Waals surface area contributed by atoms with Gasteiger partial charge in [-0.3, -0.25) is 4.79 Å². The number of hydrogen-bond acceptors (Lipinski definition) is 4. The molecule has 0 aromatic heterocycles. The van der Waals surface area contributed by atoms with Gasteiger partial charge in [0.1, 0.15) is 13.2 Å². The summed E-state index contributed by atoms with van der Waals surface area (Å²) >= 11 is 0. The molecular weight excluding hydrogens is 346 g/mol. The van der Waals surface area contributed by atoms with E-state index < -0.39 is 0 Å². The zero-order valence-electron chi connectivity index (χ0n) is 15.7. The fraction of sp³-hybridized carbons (Fsp3) is 0.600. The summed E-state index contributed by atoms with van der Waals surface area (Å²) in [5.41, 5.74) is 0.773. The van der Waals surface area contributed by atoms with Gasteiger partial charge in [0.05, 0.1) is 6.04 Å². The fourth-order valence-electron chi connectivity index (χ4n) is 4.18. The van der Waals surface area contributed by atoms with Gasteiger partial charge in [0.25, 0.3) is 0 Å². The van der Waals surface area contributed by atoms with Gasteiger partial charge in [0.15, 0.2) is 11.5 Å². The number of benzene rings is 1. The molecule has 2 heterocycles. The van der Waals surface area contributed by atoms with Crippen LogP contribution in [0.2, 0.25) is 0 Å². The average molecular weight is 373 g/mol. The van der Waals surface area contributed by atoms with Crippen LogP contribution < -0.4 is 25.0 Å². The molecule has 0 radical (unpaired) electrons. The zero-order valence-corrected chi connectivity index (χ0v) is 15.7. The van der Waals surface area contributed by atoms with Gasteiger partial charge in [-0.1, -0.05) is 19.8 Å². The Labute approximate surface area is 159 Å². The first kappa shape index (κ1) is 17.9. The third kappa shape index (κ3) is 3.96. The van der Waals surface area contributed by atoms with Crippen molar-refractivity contribution >= 4 is 17.6 Å². The van der Waals surface area contributed by atoms with E-state index in [9.17, 15) is 9.59 Å². The van der Waals surface area contributed by atoms with Gasteiger partial charge in [0.2, 0.25) is 5.91 Å². The first-order chi connectivity index (χ1) is 13.1. The molecule has 0 spiro atoms. The molecule has 0 bridgehead atoms. The van der Waals surface area contributed by atoms with Crippen molar-refractivity contribution in [2.24, 2.45) is 5.92 Å². The summed E-state index contributed by atoms with van der Waals surface area (Å²) in [6, 6.07) is 5.38. The molecule has 3 amide bonds. The van der Waals surface area contributed by atoms with E-state index in [2.05, 4.69) is 17.6 Å². The van der Waals surface area contributed by atoms with E-state index in [1.54, 1.807) is 4.90 Å². The van der Waals surface area contributed by atoms with Crippen molar-refractivity contribution < 1.29 is 19.1 Å². The molecule has 4 rings (SSSR count). The van der Waals surface area contributed by atoms with Crippen LogP contribution in [0, 0.1) is 5.92 Å². The lowest BCUT2D eigenvalue weighted by Crippen LogP contribution is -2.49. The molecule has 3 atom stereocenters. The molecule has 3 aliphatic rings. The standard InChI is InChI=1S/C20H27N3O4/c1-13-4-2-3-5-16(13)22-20(25)21-14-10-19(24)23(12-14)15-6-7-17-18(11-15)27-9-8-26-17/h6-7,11,13-14,16H,2-5,8-10,12H2,1H3,(H2,21,22,25)/t13-,14-,16+/m1/s1. The quantitative estimate of drug-likeness (QED) is 0.853. The molecule has 1 aromatic carbocycles. The van der Waals surface area contributed by atoms with Gasteiger partial charge in [-0.15, -0.1) is 0 Å². The molecule has 2 aliphatic heterocycles. The van der Waals surface area contributed by atoms with Gasteiger partial charge >= 0.3 is 6.03 Å². The molecule has 27 heavy (non-hydrogen) atoms. The Balaban J connectivity index is 1.35. The minimum atomic E-state index is -0.190. The van der Waals surface area contributed by atoms with E-state index >= 15 is 0 Å². The number of nitrogens with zero attached hydrogens (tertiary/aromatic N) is 1. The number of hydrogen-bond donors (Lipinski definition) is 2. The molecular formula is C20H27N3O4. The van der Waals surface area contributed by atoms with E-state index in [0.29, 0.717) is 43.6 Å². The monoisotopic (exact) mass is 373 g/mol. The lowest BCUT2D eigenvalue weighted by atomic mass is 9.86. The summed E-state index contributed by atoms with van der Waals surface area (Å²) in [7, 11) is 0. The van der Waals surface area contributed by atoms with E-state index in [1.807, 2.05) is 18.2 Å². The lowest BCUT2D eigenvalue weighted by Gasteiger charge is -2.30. The first-order valence-electron chi connectivity index (χ1n) is 9.87. The van der Waals surface area contributed by atoms with Gasteiger partial charge in [0, 0.05) is 30.8 Å². The number of anilines is 1. The van der Waals surface area contributed by atoms with Crippen LogP contribution in [0.5, 0.6) is 11.5 Å². The summed E-state index contributed by atoms with van der Waals surface area (Å²) in [5, 5.41) is 6.06. The second-order valence-corrected chi connectivity index (χ2v) is 7.72. The Morgan fingerprint density at radius 3 is 2.70 bits per heavy atom. The Morgan fingerprint density at radius 1 is 1.11 bits per heavy atom. The van der Waals surface area contributed by atoms with Crippen LogP contribution in [-0.4, -0.2) is 43.8 Å². The predicted molar refractivity (Wildman–Crippen MR) is 101 cm³/mol. The SMILES string of the molecule is C[C@@H]1CCCC[C@@H]1NC(=O)N[C@@H]1CC(=O)N(c2ccc3c(c2)OCCO3)C1. The maximum atomic E-state index is 12.5. The van der Waals surface area contributed by atoms with Gasteiger partial charge in [-0.25, -0.2) is 4.79 Å². The van der Waals surface area contributed by atoms with Crippen molar-refractivity contribution in [1.82, 2.24) is 10.6 Å². The highest BCUT2D eigenvalue weighted by atomic mass is 16.6. The predicted octanol–water partition coefficient (Wildman–Crippen LogP) is 2.44. The average Bonchev–Trinajstić information content (AvgIpc) is 3.03. The minimum Gasteiger partial charge on any atom is -0.486 e. The number of rotatable bonds is 3. The third-order valence-electron chi connectivity index (χ3n) is 5.73. The Bertz CT molecular complexity index is 723. The van der Waals surface area contributed by atoms with E-state index in [1.165, 1.54) is 6.42 Å². The van der Waals surface area contributed by atoms with Crippen LogP contribution in [0.4, 0.5) is 10.5 Å². The maximum Gasteiger partial charge on any atom is 0.315 e. The number of ether oxygens (including phenoxy) is 2. The van der Waals surface area contributed by atoms with Crippen LogP contribution in [0.3, 0.4) is 0 Å². The second kappa shape index (κ2) is 7.66. The number of fused-ring (bicyclic) bond motifs is 1. The Hall–Kier alpha value is -2.44. The summed E-state index contributed by atoms with van der Waals surface area (Å²) in [6.45, 7) is 3.70. The van der Waals surface area contributed by atoms with Crippen LogP contribution in [0.25, 0.3) is 0 Å². The summed E-state index contributed by atoms with van der Waals surface area (Å²) in [6.07, 6.45) is 4.89. The van der Waals surface area contributed by atoms with Crippen LogP contribution in [0.1, 0.15) is 39.0 Å².